The van der Waals surface area contributed by atoms with Crippen molar-refractivity contribution in [1.82, 2.24) is 0 Å². The molecule has 0 aliphatic carbocycles. The molecule has 0 unspecified atom stereocenters. The quantitative estimate of drug-likeness (QED) is 0.205. The van der Waals surface area contributed by atoms with Crippen molar-refractivity contribution in [3.05, 3.63) is 84.4 Å². The molecule has 0 radical (unpaired) electrons. The van der Waals surface area contributed by atoms with Crippen molar-refractivity contribution in [3.8, 4) is 28.4 Å². The number of methoxy groups -OCH3 is 1. The number of hydrogen-bond acceptors (Lipinski definition) is 6. The number of hydrogen-bond donors (Lipinski definition) is 0. The average Bonchev–Trinajstić information content (AvgIpc) is 2.88. The highest BCUT2D eigenvalue weighted by Gasteiger charge is 2.61. The van der Waals surface area contributed by atoms with Crippen molar-refractivity contribution >= 4 is 36.5 Å². The number of halogens is 6. The third-order valence-corrected chi connectivity index (χ3v) is 9.49. The molecule has 7 nitrogen and oxygen atoms in total. The number of anilines is 1. The van der Waals surface area contributed by atoms with Gasteiger partial charge in [0.1, 0.15) is 17.2 Å². The van der Waals surface area contributed by atoms with Gasteiger partial charge in [-0.15, -0.1) is 3.71 Å². The number of ether oxygens (including phenoxy) is 2. The summed E-state index contributed by atoms with van der Waals surface area (Å²) >= 11 is 0. The zero-order chi connectivity index (χ0) is 30.4. The summed E-state index contributed by atoms with van der Waals surface area (Å²) in [5, 5.41) is 1.26. The van der Waals surface area contributed by atoms with Gasteiger partial charge < -0.3 is 9.47 Å². The Labute approximate surface area is 230 Å². The monoisotopic (exact) mass is 619 g/mol. The molecule has 4 aromatic rings. The Kier molecular flexibility index (Phi) is 7.64. The summed E-state index contributed by atoms with van der Waals surface area (Å²) in [6, 6.07) is 18.5. The van der Waals surface area contributed by atoms with Crippen molar-refractivity contribution < 1.29 is 52.7 Å². The Balaban J connectivity index is 1.87. The summed E-state index contributed by atoms with van der Waals surface area (Å²) in [7, 11) is -12.6. The van der Waals surface area contributed by atoms with Crippen LogP contribution in [0.25, 0.3) is 21.9 Å². The highest BCUT2D eigenvalue weighted by Crippen LogP contribution is 2.44. The lowest BCUT2D eigenvalue weighted by atomic mass is 9.94. The second kappa shape index (κ2) is 10.4. The van der Waals surface area contributed by atoms with Crippen LogP contribution in [0.3, 0.4) is 0 Å². The highest BCUT2D eigenvalue weighted by atomic mass is 32.3. The van der Waals surface area contributed by atoms with Crippen molar-refractivity contribution in [2.75, 3.05) is 10.8 Å². The van der Waals surface area contributed by atoms with E-state index in [0.717, 1.165) is 23.3 Å². The smallest absolute Gasteiger partial charge is 0.497 e. The maximum absolute atomic E-state index is 13.2. The molecule has 0 aliphatic rings. The first kappa shape index (κ1) is 30.0. The number of nitrogens with zero attached hydrogens (tertiary/aromatic N) is 1. The van der Waals surface area contributed by atoms with E-state index in [0.29, 0.717) is 34.2 Å². The number of alkyl halides is 6. The molecule has 0 bridgehead atoms. The van der Waals surface area contributed by atoms with Gasteiger partial charge in [-0.25, -0.2) is 0 Å². The van der Waals surface area contributed by atoms with Crippen molar-refractivity contribution in [2.24, 2.45) is 0 Å². The van der Waals surface area contributed by atoms with E-state index in [1.807, 2.05) is 6.07 Å². The Morgan fingerprint density at radius 2 is 1.24 bits per heavy atom. The summed E-state index contributed by atoms with van der Waals surface area (Å²) in [5.41, 5.74) is -12.0. The van der Waals surface area contributed by atoms with Gasteiger partial charge in [-0.2, -0.15) is 43.2 Å². The van der Waals surface area contributed by atoms with E-state index in [4.69, 9.17) is 9.47 Å². The standard InChI is InChI=1S/C26H19F6NO6S2/c1-16-14-18-15-21(38-2)12-13-22(18)24(23(16)17-6-4-3-5-7-17)39-20-10-8-19(9-11-20)33(40(34,35)25(27,28)29)41(36,37)26(30,31)32/h3-15H,1-2H3. The van der Waals surface area contributed by atoms with E-state index in [2.05, 4.69) is 0 Å². The zero-order valence-electron chi connectivity index (χ0n) is 21.0. The van der Waals surface area contributed by atoms with Gasteiger partial charge in [0, 0.05) is 10.9 Å². The van der Waals surface area contributed by atoms with Crippen molar-refractivity contribution in [3.63, 3.8) is 0 Å². The van der Waals surface area contributed by atoms with E-state index in [1.165, 1.54) is 7.11 Å². The molecule has 218 valence electrons. The van der Waals surface area contributed by atoms with Gasteiger partial charge >= 0.3 is 31.1 Å². The molecule has 0 aliphatic heterocycles. The van der Waals surface area contributed by atoms with Gasteiger partial charge in [0.05, 0.1) is 12.8 Å². The third-order valence-electron chi connectivity index (χ3n) is 5.85. The SMILES string of the molecule is COc1ccc2c(Oc3ccc(N(S(=O)(=O)C(F)(F)F)S(=O)(=O)C(F)(F)F)cc3)c(-c3ccccc3)c(C)cc2c1. The van der Waals surface area contributed by atoms with Crippen LogP contribution >= 0.6 is 0 Å². The van der Waals surface area contributed by atoms with Crippen LogP contribution in [0.1, 0.15) is 5.56 Å². The number of aryl methyl sites for hydroxylation is 1. The Morgan fingerprint density at radius 1 is 0.707 bits per heavy atom. The van der Waals surface area contributed by atoms with Crippen LogP contribution < -0.4 is 13.2 Å². The number of benzene rings is 4. The molecule has 41 heavy (non-hydrogen) atoms. The Morgan fingerprint density at radius 3 is 1.76 bits per heavy atom. The van der Waals surface area contributed by atoms with Crippen LogP contribution in [0.15, 0.2) is 78.9 Å². The fourth-order valence-electron chi connectivity index (χ4n) is 4.03. The summed E-state index contributed by atoms with van der Waals surface area (Å²) < 4.78 is 137. The minimum Gasteiger partial charge on any atom is -0.497 e. The van der Waals surface area contributed by atoms with Gasteiger partial charge in [-0.3, -0.25) is 0 Å². The van der Waals surface area contributed by atoms with Crippen LogP contribution in [0.2, 0.25) is 0 Å². The number of sulfonamides is 2. The molecule has 0 atom stereocenters. The largest absolute Gasteiger partial charge is 0.517 e. The number of rotatable bonds is 7. The molecule has 0 amide bonds. The minimum absolute atomic E-state index is 0.137. The van der Waals surface area contributed by atoms with Gasteiger partial charge in [0.15, 0.2) is 0 Å². The maximum atomic E-state index is 13.2. The van der Waals surface area contributed by atoms with E-state index in [1.54, 1.807) is 55.5 Å². The van der Waals surface area contributed by atoms with E-state index in [9.17, 15) is 43.2 Å². The highest BCUT2D eigenvalue weighted by molar-refractivity contribution is 8.11. The summed E-state index contributed by atoms with van der Waals surface area (Å²) in [6.45, 7) is 1.80. The maximum Gasteiger partial charge on any atom is 0.517 e. The number of fused-ring (bicyclic) bond motifs is 1. The molecule has 0 heterocycles. The molecular formula is C26H19F6NO6S2. The van der Waals surface area contributed by atoms with Gasteiger partial charge in [-0.1, -0.05) is 36.4 Å². The zero-order valence-corrected chi connectivity index (χ0v) is 22.6. The molecule has 0 saturated heterocycles. The van der Waals surface area contributed by atoms with Crippen molar-refractivity contribution in [2.45, 2.75) is 17.9 Å². The second-order valence-electron chi connectivity index (χ2n) is 8.55. The van der Waals surface area contributed by atoms with E-state index < -0.39 is 40.5 Å². The lowest BCUT2D eigenvalue weighted by Gasteiger charge is -2.25. The third kappa shape index (κ3) is 5.51. The lowest BCUT2D eigenvalue weighted by Crippen LogP contribution is -2.49. The first-order valence-electron chi connectivity index (χ1n) is 11.4. The molecule has 4 aromatic carbocycles. The Hall–Kier alpha value is -3.98. The first-order valence-corrected chi connectivity index (χ1v) is 14.2. The fraction of sp³-hybridized carbons (Fsp3) is 0.154. The Bertz CT molecular complexity index is 1760. The van der Waals surface area contributed by atoms with E-state index in [-0.39, 0.29) is 11.5 Å². The van der Waals surface area contributed by atoms with Crippen LogP contribution in [0, 0.1) is 6.92 Å². The van der Waals surface area contributed by atoms with Gasteiger partial charge in [0.2, 0.25) is 0 Å². The normalized spacial score (nSPS) is 12.8. The topological polar surface area (TPSA) is 90.0 Å². The lowest BCUT2D eigenvalue weighted by molar-refractivity contribution is -0.0462. The van der Waals surface area contributed by atoms with Crippen molar-refractivity contribution in [1.29, 1.82) is 0 Å². The van der Waals surface area contributed by atoms with Crippen LogP contribution in [0.4, 0.5) is 32.0 Å². The molecule has 0 aromatic heterocycles. The predicted octanol–water partition coefficient (Wildman–Crippen LogP) is 7.12. The van der Waals surface area contributed by atoms with Gasteiger partial charge in [-0.05, 0) is 65.9 Å². The summed E-state index contributed by atoms with van der Waals surface area (Å²) in [5.74, 6) is 0.670. The molecule has 0 fully saturated rings. The first-order chi connectivity index (χ1) is 19.0. The summed E-state index contributed by atoms with van der Waals surface area (Å²) in [4.78, 5) is 0. The average molecular weight is 620 g/mol. The van der Waals surface area contributed by atoms with E-state index >= 15 is 0 Å². The summed E-state index contributed by atoms with van der Waals surface area (Å²) in [6.07, 6.45) is 0. The van der Waals surface area contributed by atoms with Crippen LogP contribution in [-0.2, 0) is 20.0 Å². The minimum atomic E-state index is -7.02. The molecule has 0 N–H and O–H groups in total. The molecule has 4 rings (SSSR count). The van der Waals surface area contributed by atoms with Crippen LogP contribution in [-0.4, -0.2) is 35.0 Å². The van der Waals surface area contributed by atoms with Gasteiger partial charge in [0.25, 0.3) is 0 Å². The van der Waals surface area contributed by atoms with Crippen LogP contribution in [0.5, 0.6) is 17.2 Å². The second-order valence-corrected chi connectivity index (χ2v) is 12.3. The molecule has 0 spiro atoms. The predicted molar refractivity (Wildman–Crippen MR) is 140 cm³/mol. The molecule has 0 saturated carbocycles. The molecule has 15 heteroatoms. The molecular weight excluding hydrogens is 600 g/mol. The fourth-order valence-corrected chi connectivity index (χ4v) is 6.75.